The number of rotatable bonds is 4. The summed E-state index contributed by atoms with van der Waals surface area (Å²) in [6, 6.07) is 6.29. The standard InChI is InChI=1S/C11H9FO3/c12-10-2-1-3-11-9(10)6-8(15-11)4-5-14-7-13/h1-3,6-7H,4-5H2. The van der Waals surface area contributed by atoms with Crippen molar-refractivity contribution in [2.24, 2.45) is 0 Å². The zero-order valence-corrected chi connectivity index (χ0v) is 7.90. The van der Waals surface area contributed by atoms with Gasteiger partial charge in [0.05, 0.1) is 12.0 Å². The summed E-state index contributed by atoms with van der Waals surface area (Å²) in [6.07, 6.45) is 0.451. The molecule has 0 aliphatic heterocycles. The number of hydrogen-bond acceptors (Lipinski definition) is 3. The molecule has 0 saturated carbocycles. The molecule has 1 aromatic heterocycles. The van der Waals surface area contributed by atoms with Crippen molar-refractivity contribution in [2.45, 2.75) is 6.42 Å². The van der Waals surface area contributed by atoms with Crippen molar-refractivity contribution in [3.63, 3.8) is 0 Å². The van der Waals surface area contributed by atoms with E-state index in [0.29, 0.717) is 29.6 Å². The molecule has 78 valence electrons. The Morgan fingerprint density at radius 2 is 2.33 bits per heavy atom. The van der Waals surface area contributed by atoms with Gasteiger partial charge in [0.25, 0.3) is 6.47 Å². The van der Waals surface area contributed by atoms with Crippen LogP contribution in [0.25, 0.3) is 11.0 Å². The van der Waals surface area contributed by atoms with Crippen molar-refractivity contribution in [3.05, 3.63) is 35.8 Å². The highest BCUT2D eigenvalue weighted by Gasteiger charge is 2.07. The highest BCUT2D eigenvalue weighted by atomic mass is 19.1. The van der Waals surface area contributed by atoms with Crippen molar-refractivity contribution in [1.29, 1.82) is 0 Å². The molecule has 2 rings (SSSR count). The van der Waals surface area contributed by atoms with Gasteiger partial charge in [-0.2, -0.15) is 0 Å². The molecular formula is C11H9FO3. The lowest BCUT2D eigenvalue weighted by atomic mass is 10.2. The van der Waals surface area contributed by atoms with Crippen LogP contribution >= 0.6 is 0 Å². The van der Waals surface area contributed by atoms with E-state index in [1.54, 1.807) is 18.2 Å². The third kappa shape index (κ3) is 1.98. The number of ether oxygens (including phenoxy) is 1. The van der Waals surface area contributed by atoms with Crippen LogP contribution in [0.5, 0.6) is 0 Å². The maximum absolute atomic E-state index is 13.2. The maximum atomic E-state index is 13.2. The van der Waals surface area contributed by atoms with Gasteiger partial charge in [0.1, 0.15) is 17.2 Å². The fraction of sp³-hybridized carbons (Fsp3) is 0.182. The van der Waals surface area contributed by atoms with Crippen LogP contribution in [0, 0.1) is 5.82 Å². The Labute approximate surface area is 85.4 Å². The number of furan rings is 1. The van der Waals surface area contributed by atoms with Crippen LogP contribution in [0.3, 0.4) is 0 Å². The van der Waals surface area contributed by atoms with Gasteiger partial charge in [-0.15, -0.1) is 0 Å². The van der Waals surface area contributed by atoms with Crippen LogP contribution in [0.1, 0.15) is 5.76 Å². The first-order chi connectivity index (χ1) is 7.31. The summed E-state index contributed by atoms with van der Waals surface area (Å²) in [6.45, 7) is 0.619. The first-order valence-corrected chi connectivity index (χ1v) is 4.53. The topological polar surface area (TPSA) is 39.4 Å². The van der Waals surface area contributed by atoms with Gasteiger partial charge in [-0.1, -0.05) is 6.07 Å². The summed E-state index contributed by atoms with van der Waals surface area (Å²) in [5, 5.41) is 0.457. The quantitative estimate of drug-likeness (QED) is 0.571. The van der Waals surface area contributed by atoms with Crippen molar-refractivity contribution >= 4 is 17.4 Å². The molecular weight excluding hydrogens is 199 g/mol. The molecule has 0 N–H and O–H groups in total. The molecule has 0 saturated heterocycles. The van der Waals surface area contributed by atoms with Crippen LogP contribution in [0.2, 0.25) is 0 Å². The van der Waals surface area contributed by atoms with E-state index in [2.05, 4.69) is 4.74 Å². The SMILES string of the molecule is O=COCCc1cc2c(F)cccc2o1. The highest BCUT2D eigenvalue weighted by molar-refractivity contribution is 5.78. The molecule has 0 aliphatic rings. The summed E-state index contributed by atoms with van der Waals surface area (Å²) >= 11 is 0. The van der Waals surface area contributed by atoms with E-state index in [9.17, 15) is 9.18 Å². The number of fused-ring (bicyclic) bond motifs is 1. The van der Waals surface area contributed by atoms with Gasteiger partial charge < -0.3 is 9.15 Å². The van der Waals surface area contributed by atoms with Crippen LogP contribution in [0.4, 0.5) is 4.39 Å². The molecule has 0 unspecified atom stereocenters. The molecule has 0 atom stereocenters. The fourth-order valence-corrected chi connectivity index (χ4v) is 1.41. The molecule has 0 fully saturated rings. The van der Waals surface area contributed by atoms with Crippen LogP contribution in [-0.4, -0.2) is 13.1 Å². The average molecular weight is 208 g/mol. The van der Waals surface area contributed by atoms with E-state index < -0.39 is 0 Å². The van der Waals surface area contributed by atoms with Crippen LogP contribution in [0.15, 0.2) is 28.7 Å². The number of benzene rings is 1. The lowest BCUT2D eigenvalue weighted by molar-refractivity contribution is -0.128. The minimum atomic E-state index is -0.307. The number of carbonyl (C=O) groups excluding carboxylic acids is 1. The van der Waals surface area contributed by atoms with Crippen molar-refractivity contribution in [1.82, 2.24) is 0 Å². The zero-order valence-electron chi connectivity index (χ0n) is 7.90. The number of halogens is 1. The Kier molecular flexibility index (Phi) is 2.67. The molecule has 2 aromatic rings. The van der Waals surface area contributed by atoms with Gasteiger partial charge in [0.15, 0.2) is 0 Å². The summed E-state index contributed by atoms with van der Waals surface area (Å²) in [7, 11) is 0. The van der Waals surface area contributed by atoms with Crippen LogP contribution in [-0.2, 0) is 16.0 Å². The Bertz CT molecular complexity index is 476. The Balaban J connectivity index is 2.23. The summed E-state index contributed by atoms with van der Waals surface area (Å²) in [5.41, 5.74) is 0.510. The monoisotopic (exact) mass is 208 g/mol. The lowest BCUT2D eigenvalue weighted by Crippen LogP contribution is -1.94. The van der Waals surface area contributed by atoms with E-state index in [1.807, 2.05) is 0 Å². The largest absolute Gasteiger partial charge is 0.467 e. The third-order valence-corrected chi connectivity index (χ3v) is 2.09. The molecule has 4 heteroatoms. The third-order valence-electron chi connectivity index (χ3n) is 2.09. The molecule has 3 nitrogen and oxygen atoms in total. The minimum Gasteiger partial charge on any atom is -0.467 e. The molecule has 0 amide bonds. The maximum Gasteiger partial charge on any atom is 0.293 e. The lowest BCUT2D eigenvalue weighted by Gasteiger charge is -1.93. The molecule has 1 heterocycles. The summed E-state index contributed by atoms with van der Waals surface area (Å²) in [5.74, 6) is 0.302. The number of carbonyl (C=O) groups is 1. The van der Waals surface area contributed by atoms with Crippen molar-refractivity contribution < 1.29 is 18.3 Å². The second-order valence-electron chi connectivity index (χ2n) is 3.08. The molecule has 15 heavy (non-hydrogen) atoms. The summed E-state index contributed by atoms with van der Waals surface area (Å²) in [4.78, 5) is 9.91. The Hall–Kier alpha value is -1.84. The average Bonchev–Trinajstić information content (AvgIpc) is 2.63. The van der Waals surface area contributed by atoms with Gasteiger partial charge >= 0.3 is 0 Å². The Morgan fingerprint density at radius 1 is 1.47 bits per heavy atom. The zero-order chi connectivity index (χ0) is 10.7. The minimum absolute atomic E-state index is 0.241. The molecule has 0 spiro atoms. The summed E-state index contributed by atoms with van der Waals surface area (Å²) < 4.78 is 23.1. The highest BCUT2D eigenvalue weighted by Crippen LogP contribution is 2.22. The van der Waals surface area contributed by atoms with Crippen molar-refractivity contribution in [2.75, 3.05) is 6.61 Å². The van der Waals surface area contributed by atoms with E-state index in [4.69, 9.17) is 4.42 Å². The fourth-order valence-electron chi connectivity index (χ4n) is 1.41. The second-order valence-corrected chi connectivity index (χ2v) is 3.08. The molecule has 0 bridgehead atoms. The van der Waals surface area contributed by atoms with E-state index in [-0.39, 0.29) is 12.4 Å². The van der Waals surface area contributed by atoms with Gasteiger partial charge in [0.2, 0.25) is 0 Å². The van der Waals surface area contributed by atoms with Crippen LogP contribution < -0.4 is 0 Å². The van der Waals surface area contributed by atoms with Gasteiger partial charge in [-0.3, -0.25) is 4.79 Å². The number of hydrogen-bond donors (Lipinski definition) is 0. The van der Waals surface area contributed by atoms with Gasteiger partial charge in [-0.25, -0.2) is 4.39 Å². The first-order valence-electron chi connectivity index (χ1n) is 4.53. The predicted molar refractivity (Wildman–Crippen MR) is 51.9 cm³/mol. The normalized spacial score (nSPS) is 10.5. The molecule has 0 radical (unpaired) electrons. The van der Waals surface area contributed by atoms with Gasteiger partial charge in [0, 0.05) is 6.42 Å². The predicted octanol–water partition coefficient (Wildman–Crippen LogP) is 2.29. The van der Waals surface area contributed by atoms with Crippen molar-refractivity contribution in [3.8, 4) is 0 Å². The van der Waals surface area contributed by atoms with E-state index in [0.717, 1.165) is 0 Å². The Morgan fingerprint density at radius 3 is 3.07 bits per heavy atom. The second kappa shape index (κ2) is 4.13. The molecule has 0 aliphatic carbocycles. The van der Waals surface area contributed by atoms with Gasteiger partial charge in [-0.05, 0) is 18.2 Å². The molecule has 1 aromatic carbocycles. The first kappa shape index (κ1) is 9.71. The van der Waals surface area contributed by atoms with E-state index >= 15 is 0 Å². The smallest absolute Gasteiger partial charge is 0.293 e. The van der Waals surface area contributed by atoms with E-state index in [1.165, 1.54) is 6.07 Å².